The van der Waals surface area contributed by atoms with Crippen molar-refractivity contribution in [2.24, 2.45) is 11.1 Å². The summed E-state index contributed by atoms with van der Waals surface area (Å²) in [5, 5.41) is 7.89. The number of hydrogen-bond donors (Lipinski definition) is 2. The quantitative estimate of drug-likeness (QED) is 0.846. The van der Waals surface area contributed by atoms with Crippen molar-refractivity contribution < 1.29 is 4.79 Å². The minimum absolute atomic E-state index is 0.108. The van der Waals surface area contributed by atoms with Crippen LogP contribution in [-0.2, 0) is 17.6 Å². The Labute approximate surface area is 133 Å². The van der Waals surface area contributed by atoms with Crippen LogP contribution in [0.2, 0.25) is 0 Å². The Hall–Kier alpha value is -1.36. The molecule has 2 rings (SSSR count). The zero-order chi connectivity index (χ0) is 16.3. The van der Waals surface area contributed by atoms with Crippen molar-refractivity contribution >= 4 is 5.91 Å². The van der Waals surface area contributed by atoms with Gasteiger partial charge >= 0.3 is 0 Å². The number of fused-ring (bicyclic) bond motifs is 1. The standard InChI is InChI=1S/C17H30N4O/c1-5-17(6-2,11-18)16(22)19-14-8-7-13-10-21(12(3)4)20-15(13)9-14/h10,12,14H,5-9,11,18H2,1-4H3,(H,19,22). The highest BCUT2D eigenvalue weighted by Crippen LogP contribution is 2.27. The normalized spacial score (nSPS) is 18.4. The van der Waals surface area contributed by atoms with Crippen LogP contribution in [0.5, 0.6) is 0 Å². The fourth-order valence-corrected chi connectivity index (χ4v) is 3.19. The van der Waals surface area contributed by atoms with Crippen LogP contribution in [-0.4, -0.2) is 28.3 Å². The smallest absolute Gasteiger partial charge is 0.227 e. The Morgan fingerprint density at radius 1 is 1.50 bits per heavy atom. The van der Waals surface area contributed by atoms with E-state index in [1.54, 1.807) is 0 Å². The maximum atomic E-state index is 12.6. The third kappa shape index (κ3) is 3.19. The molecule has 1 aliphatic rings. The lowest BCUT2D eigenvalue weighted by atomic mass is 9.80. The van der Waals surface area contributed by atoms with E-state index in [1.807, 2.05) is 18.5 Å². The maximum Gasteiger partial charge on any atom is 0.227 e. The SMILES string of the molecule is CCC(CC)(CN)C(=O)NC1CCc2cn(C(C)C)nc2C1. The van der Waals surface area contributed by atoms with E-state index in [4.69, 9.17) is 5.73 Å². The van der Waals surface area contributed by atoms with Gasteiger partial charge in [-0.15, -0.1) is 0 Å². The maximum absolute atomic E-state index is 12.6. The molecule has 5 nitrogen and oxygen atoms in total. The average Bonchev–Trinajstić information content (AvgIpc) is 2.93. The number of aryl methyl sites for hydroxylation is 1. The Bertz CT molecular complexity index is 508. The van der Waals surface area contributed by atoms with Gasteiger partial charge in [-0.05, 0) is 45.1 Å². The fraction of sp³-hybridized carbons (Fsp3) is 0.765. The minimum Gasteiger partial charge on any atom is -0.352 e. The molecule has 0 aliphatic heterocycles. The first-order valence-electron chi connectivity index (χ1n) is 8.53. The largest absolute Gasteiger partial charge is 0.352 e. The summed E-state index contributed by atoms with van der Waals surface area (Å²) in [5.41, 5.74) is 7.92. The highest BCUT2D eigenvalue weighted by molar-refractivity contribution is 5.83. The fourth-order valence-electron chi connectivity index (χ4n) is 3.19. The van der Waals surface area contributed by atoms with Crippen molar-refractivity contribution in [2.45, 2.75) is 71.9 Å². The summed E-state index contributed by atoms with van der Waals surface area (Å²) >= 11 is 0. The number of nitrogens with one attached hydrogen (secondary N) is 1. The molecule has 1 amide bonds. The lowest BCUT2D eigenvalue weighted by molar-refractivity contribution is -0.131. The molecule has 0 aromatic carbocycles. The Balaban J connectivity index is 2.05. The Morgan fingerprint density at radius 2 is 2.18 bits per heavy atom. The topological polar surface area (TPSA) is 72.9 Å². The number of nitrogens with zero attached hydrogens (tertiary/aromatic N) is 2. The lowest BCUT2D eigenvalue weighted by Crippen LogP contribution is -2.50. The summed E-state index contributed by atoms with van der Waals surface area (Å²) < 4.78 is 2.02. The lowest BCUT2D eigenvalue weighted by Gasteiger charge is -2.32. The molecule has 1 aliphatic carbocycles. The molecule has 3 N–H and O–H groups in total. The second-order valence-corrected chi connectivity index (χ2v) is 6.78. The number of hydrogen-bond acceptors (Lipinski definition) is 3. The van der Waals surface area contributed by atoms with E-state index in [2.05, 4.69) is 30.5 Å². The molecule has 0 radical (unpaired) electrons. The van der Waals surface area contributed by atoms with Crippen LogP contribution in [0.15, 0.2) is 6.20 Å². The third-order valence-corrected chi connectivity index (χ3v) is 5.19. The van der Waals surface area contributed by atoms with Gasteiger partial charge in [-0.3, -0.25) is 9.48 Å². The van der Waals surface area contributed by atoms with Crippen molar-refractivity contribution in [3.63, 3.8) is 0 Å². The molecule has 1 aromatic heterocycles. The molecule has 124 valence electrons. The predicted octanol–water partition coefficient (Wildman–Crippen LogP) is 2.20. The number of carbonyl (C=O) groups excluding carboxylic acids is 1. The summed E-state index contributed by atoms with van der Waals surface area (Å²) in [6.07, 6.45) is 6.52. The molecular weight excluding hydrogens is 276 g/mol. The van der Waals surface area contributed by atoms with E-state index in [-0.39, 0.29) is 11.9 Å². The second-order valence-electron chi connectivity index (χ2n) is 6.78. The molecule has 0 spiro atoms. The number of aromatic nitrogens is 2. The van der Waals surface area contributed by atoms with Crippen LogP contribution in [0, 0.1) is 5.41 Å². The minimum atomic E-state index is -0.419. The van der Waals surface area contributed by atoms with Crippen LogP contribution in [0.4, 0.5) is 0 Å². The van der Waals surface area contributed by atoms with Crippen LogP contribution in [0.1, 0.15) is 64.3 Å². The molecule has 1 atom stereocenters. The van der Waals surface area contributed by atoms with E-state index < -0.39 is 5.41 Å². The van der Waals surface area contributed by atoms with Crippen molar-refractivity contribution in [3.8, 4) is 0 Å². The van der Waals surface area contributed by atoms with Crippen LogP contribution < -0.4 is 11.1 Å². The molecule has 5 heteroatoms. The van der Waals surface area contributed by atoms with Crippen LogP contribution >= 0.6 is 0 Å². The highest BCUT2D eigenvalue weighted by atomic mass is 16.2. The highest BCUT2D eigenvalue weighted by Gasteiger charge is 2.35. The first-order valence-corrected chi connectivity index (χ1v) is 8.53. The molecule has 22 heavy (non-hydrogen) atoms. The monoisotopic (exact) mass is 306 g/mol. The summed E-state index contributed by atoms with van der Waals surface area (Å²) in [5.74, 6) is 0.108. The molecule has 1 unspecified atom stereocenters. The first kappa shape index (κ1) is 17.0. The van der Waals surface area contributed by atoms with E-state index in [0.717, 1.165) is 37.8 Å². The summed E-state index contributed by atoms with van der Waals surface area (Å²) in [7, 11) is 0. The number of nitrogens with two attached hydrogens (primary N) is 1. The van der Waals surface area contributed by atoms with Crippen molar-refractivity contribution in [3.05, 3.63) is 17.5 Å². The van der Waals surface area contributed by atoms with Gasteiger partial charge in [0.05, 0.1) is 11.1 Å². The van der Waals surface area contributed by atoms with Gasteiger partial charge in [0.15, 0.2) is 0 Å². The number of carbonyl (C=O) groups is 1. The molecule has 0 saturated heterocycles. The summed E-state index contributed by atoms with van der Waals surface area (Å²) in [6.45, 7) is 8.76. The van der Waals surface area contributed by atoms with Crippen LogP contribution in [0.25, 0.3) is 0 Å². The predicted molar refractivity (Wildman–Crippen MR) is 88.6 cm³/mol. The third-order valence-electron chi connectivity index (χ3n) is 5.19. The molecule has 0 fully saturated rings. The van der Waals surface area contributed by atoms with E-state index >= 15 is 0 Å². The first-order chi connectivity index (χ1) is 10.5. The van der Waals surface area contributed by atoms with Gasteiger partial charge < -0.3 is 11.1 Å². The van der Waals surface area contributed by atoms with Gasteiger partial charge in [-0.25, -0.2) is 0 Å². The molecular formula is C17H30N4O. The summed E-state index contributed by atoms with van der Waals surface area (Å²) in [6, 6.07) is 0.559. The van der Waals surface area contributed by atoms with Gasteiger partial charge in [0, 0.05) is 31.2 Å². The molecule has 1 aromatic rings. The van der Waals surface area contributed by atoms with E-state index in [0.29, 0.717) is 12.6 Å². The molecule has 0 bridgehead atoms. The van der Waals surface area contributed by atoms with Gasteiger partial charge in [-0.1, -0.05) is 13.8 Å². The summed E-state index contributed by atoms with van der Waals surface area (Å²) in [4.78, 5) is 12.6. The zero-order valence-corrected chi connectivity index (χ0v) is 14.4. The number of rotatable bonds is 6. The Morgan fingerprint density at radius 3 is 2.73 bits per heavy atom. The van der Waals surface area contributed by atoms with E-state index in [9.17, 15) is 4.79 Å². The molecule has 0 saturated carbocycles. The zero-order valence-electron chi connectivity index (χ0n) is 14.4. The van der Waals surface area contributed by atoms with Crippen molar-refractivity contribution in [2.75, 3.05) is 6.54 Å². The Kier molecular flexibility index (Phi) is 5.27. The van der Waals surface area contributed by atoms with Crippen molar-refractivity contribution in [1.82, 2.24) is 15.1 Å². The van der Waals surface area contributed by atoms with Gasteiger partial charge in [0.2, 0.25) is 5.91 Å². The van der Waals surface area contributed by atoms with Crippen LogP contribution in [0.3, 0.4) is 0 Å². The van der Waals surface area contributed by atoms with Gasteiger partial charge in [0.25, 0.3) is 0 Å². The van der Waals surface area contributed by atoms with E-state index in [1.165, 1.54) is 5.56 Å². The second kappa shape index (κ2) is 6.82. The average molecular weight is 306 g/mol. The van der Waals surface area contributed by atoms with Gasteiger partial charge in [0.1, 0.15) is 0 Å². The van der Waals surface area contributed by atoms with Gasteiger partial charge in [-0.2, -0.15) is 5.10 Å². The number of amides is 1. The van der Waals surface area contributed by atoms with Crippen molar-refractivity contribution in [1.29, 1.82) is 0 Å². The molecule has 1 heterocycles.